The van der Waals surface area contributed by atoms with Crippen LogP contribution in [0, 0.1) is 12.8 Å². The number of nitrogens with one attached hydrogen (secondary N) is 1. The molecule has 1 fully saturated rings. The maximum absolute atomic E-state index is 11.3. The first-order valence-electron chi connectivity index (χ1n) is 7.51. The van der Waals surface area contributed by atoms with Crippen molar-refractivity contribution in [1.29, 1.82) is 0 Å². The number of pyridine rings is 1. The number of carbonyl (C=O) groups is 1. The van der Waals surface area contributed by atoms with Gasteiger partial charge in [-0.25, -0.2) is 4.98 Å². The molecule has 3 N–H and O–H groups in total. The number of nitrogens with zero attached hydrogens (tertiary/aromatic N) is 2. The molecule has 1 aromatic heterocycles. The smallest absolute Gasteiger partial charge is 0.222 e. The predicted octanol–water partition coefficient (Wildman–Crippen LogP) is 1.59. The molecule has 1 aliphatic heterocycles. The van der Waals surface area contributed by atoms with Gasteiger partial charge in [-0.1, -0.05) is 0 Å². The van der Waals surface area contributed by atoms with Crippen molar-refractivity contribution in [2.45, 2.75) is 46.2 Å². The monoisotopic (exact) mass is 290 g/mol. The summed E-state index contributed by atoms with van der Waals surface area (Å²) < 4.78 is 0. The molecule has 21 heavy (non-hydrogen) atoms. The van der Waals surface area contributed by atoms with Crippen LogP contribution < -0.4 is 16.0 Å². The van der Waals surface area contributed by atoms with Crippen LogP contribution in [0.3, 0.4) is 0 Å². The summed E-state index contributed by atoms with van der Waals surface area (Å²) in [5.74, 6) is 0.716. The lowest BCUT2D eigenvalue weighted by atomic mass is 10.1. The van der Waals surface area contributed by atoms with Gasteiger partial charge in [-0.3, -0.25) is 4.79 Å². The summed E-state index contributed by atoms with van der Waals surface area (Å²) in [5.41, 5.74) is 7.80. The van der Waals surface area contributed by atoms with Crippen LogP contribution >= 0.6 is 0 Å². The number of rotatable bonds is 4. The zero-order chi connectivity index (χ0) is 15.6. The number of amides is 1. The highest BCUT2D eigenvalue weighted by Crippen LogP contribution is 2.25. The predicted molar refractivity (Wildman–Crippen MR) is 85.1 cm³/mol. The Morgan fingerprint density at radius 2 is 2.24 bits per heavy atom. The SMILES string of the molecule is Cc1cc(CNC(C)(C)C)cnc1N1CCC(C(N)=O)C1. The fourth-order valence-corrected chi connectivity index (χ4v) is 2.61. The normalized spacial score (nSPS) is 19.0. The highest BCUT2D eigenvalue weighted by molar-refractivity contribution is 5.78. The first-order chi connectivity index (χ1) is 9.76. The standard InChI is InChI=1S/C16H26N4O/c1-11-7-12(9-19-16(2,3)4)8-18-15(11)20-6-5-13(10-20)14(17)21/h7-8,13,19H,5-6,9-10H2,1-4H3,(H2,17,21). The molecule has 1 aliphatic rings. The molecule has 0 bridgehead atoms. The number of carbonyl (C=O) groups excluding carboxylic acids is 1. The molecule has 0 radical (unpaired) electrons. The van der Waals surface area contributed by atoms with Crippen molar-refractivity contribution in [3.8, 4) is 0 Å². The van der Waals surface area contributed by atoms with Crippen molar-refractivity contribution >= 4 is 11.7 Å². The van der Waals surface area contributed by atoms with Crippen molar-refractivity contribution < 1.29 is 4.79 Å². The number of nitrogens with two attached hydrogens (primary N) is 1. The third kappa shape index (κ3) is 4.17. The van der Waals surface area contributed by atoms with Crippen LogP contribution in [0.5, 0.6) is 0 Å². The van der Waals surface area contributed by atoms with Gasteiger partial charge in [-0.05, 0) is 51.3 Å². The highest BCUT2D eigenvalue weighted by Gasteiger charge is 2.28. The second-order valence-corrected chi connectivity index (χ2v) is 6.92. The zero-order valence-electron chi connectivity index (χ0n) is 13.4. The van der Waals surface area contributed by atoms with Crippen LogP contribution in [0.1, 0.15) is 38.3 Å². The Hall–Kier alpha value is -1.62. The van der Waals surface area contributed by atoms with Crippen LogP contribution in [0.2, 0.25) is 0 Å². The number of aryl methyl sites for hydroxylation is 1. The van der Waals surface area contributed by atoms with Crippen molar-refractivity contribution in [3.05, 3.63) is 23.4 Å². The summed E-state index contributed by atoms with van der Waals surface area (Å²) in [6.45, 7) is 10.9. The maximum Gasteiger partial charge on any atom is 0.222 e. The van der Waals surface area contributed by atoms with Gasteiger partial charge >= 0.3 is 0 Å². The van der Waals surface area contributed by atoms with Crippen LogP contribution in [-0.2, 0) is 11.3 Å². The van der Waals surface area contributed by atoms with Gasteiger partial charge in [0.1, 0.15) is 5.82 Å². The largest absolute Gasteiger partial charge is 0.369 e. The van der Waals surface area contributed by atoms with Crippen molar-refractivity contribution in [3.63, 3.8) is 0 Å². The molecule has 116 valence electrons. The summed E-state index contributed by atoms with van der Waals surface area (Å²) >= 11 is 0. The van der Waals surface area contributed by atoms with Crippen LogP contribution in [-0.4, -0.2) is 29.5 Å². The maximum atomic E-state index is 11.3. The summed E-state index contributed by atoms with van der Waals surface area (Å²) in [4.78, 5) is 18.0. The van der Waals surface area contributed by atoms with E-state index in [2.05, 4.69) is 49.0 Å². The topological polar surface area (TPSA) is 71.2 Å². The van der Waals surface area contributed by atoms with E-state index in [1.165, 1.54) is 5.56 Å². The van der Waals surface area contributed by atoms with E-state index in [0.29, 0.717) is 6.54 Å². The van der Waals surface area contributed by atoms with E-state index in [1.54, 1.807) is 0 Å². The van der Waals surface area contributed by atoms with E-state index in [9.17, 15) is 4.79 Å². The Balaban J connectivity index is 2.04. The van der Waals surface area contributed by atoms with Crippen LogP contribution in [0.25, 0.3) is 0 Å². The number of anilines is 1. The fraction of sp³-hybridized carbons (Fsp3) is 0.625. The van der Waals surface area contributed by atoms with Crippen molar-refractivity contribution in [2.75, 3.05) is 18.0 Å². The zero-order valence-corrected chi connectivity index (χ0v) is 13.4. The Labute approximate surface area is 126 Å². The van der Waals surface area contributed by atoms with Crippen LogP contribution in [0.4, 0.5) is 5.82 Å². The molecule has 0 aliphatic carbocycles. The van der Waals surface area contributed by atoms with E-state index < -0.39 is 0 Å². The molecule has 5 heteroatoms. The van der Waals surface area contributed by atoms with Gasteiger partial charge in [-0.15, -0.1) is 0 Å². The lowest BCUT2D eigenvalue weighted by molar-refractivity contribution is -0.121. The van der Waals surface area contributed by atoms with Gasteiger partial charge in [0, 0.05) is 31.4 Å². The molecule has 2 rings (SSSR count). The minimum absolute atomic E-state index is 0.0477. The van der Waals surface area contributed by atoms with Gasteiger partial charge in [0.25, 0.3) is 0 Å². The van der Waals surface area contributed by atoms with E-state index in [1.807, 2.05) is 6.20 Å². The molecule has 2 heterocycles. The van der Waals surface area contributed by atoms with Gasteiger partial charge in [0.15, 0.2) is 0 Å². The summed E-state index contributed by atoms with van der Waals surface area (Å²) in [6, 6.07) is 2.17. The first kappa shape index (κ1) is 15.8. The quantitative estimate of drug-likeness (QED) is 0.883. The molecule has 1 atom stereocenters. The van der Waals surface area contributed by atoms with E-state index in [4.69, 9.17) is 5.73 Å². The third-order valence-corrected chi connectivity index (χ3v) is 3.82. The fourth-order valence-electron chi connectivity index (χ4n) is 2.61. The molecule has 0 saturated carbocycles. The molecule has 5 nitrogen and oxygen atoms in total. The minimum Gasteiger partial charge on any atom is -0.369 e. The number of hydrogen-bond donors (Lipinski definition) is 2. The molecular weight excluding hydrogens is 264 g/mol. The Morgan fingerprint density at radius 3 is 2.76 bits per heavy atom. The molecule has 1 unspecified atom stereocenters. The van der Waals surface area contributed by atoms with Crippen molar-refractivity contribution in [1.82, 2.24) is 10.3 Å². The minimum atomic E-state index is -0.207. The molecular formula is C16H26N4O. The van der Waals surface area contributed by atoms with Crippen LogP contribution in [0.15, 0.2) is 12.3 Å². The second kappa shape index (κ2) is 6.02. The Bertz CT molecular complexity index is 521. The second-order valence-electron chi connectivity index (χ2n) is 6.92. The number of hydrogen-bond acceptors (Lipinski definition) is 4. The Morgan fingerprint density at radius 1 is 1.52 bits per heavy atom. The van der Waals surface area contributed by atoms with Gasteiger partial charge in [0.05, 0.1) is 5.92 Å². The summed E-state index contributed by atoms with van der Waals surface area (Å²) in [7, 11) is 0. The van der Waals surface area contributed by atoms with Gasteiger partial charge in [0.2, 0.25) is 5.91 Å². The molecule has 0 spiro atoms. The van der Waals surface area contributed by atoms with Gasteiger partial charge < -0.3 is 16.0 Å². The van der Waals surface area contributed by atoms with E-state index >= 15 is 0 Å². The van der Waals surface area contributed by atoms with Crippen molar-refractivity contribution in [2.24, 2.45) is 11.7 Å². The first-order valence-corrected chi connectivity index (χ1v) is 7.51. The summed E-state index contributed by atoms with van der Waals surface area (Å²) in [5, 5.41) is 3.46. The molecule has 0 aromatic carbocycles. The molecule has 1 amide bonds. The summed E-state index contributed by atoms with van der Waals surface area (Å²) in [6.07, 6.45) is 2.74. The van der Waals surface area contributed by atoms with E-state index in [-0.39, 0.29) is 17.4 Å². The average molecular weight is 290 g/mol. The molecule has 1 aromatic rings. The van der Waals surface area contributed by atoms with E-state index in [0.717, 1.165) is 30.9 Å². The average Bonchev–Trinajstić information content (AvgIpc) is 2.85. The third-order valence-electron chi connectivity index (χ3n) is 3.82. The highest BCUT2D eigenvalue weighted by atomic mass is 16.1. The Kier molecular flexibility index (Phi) is 4.52. The molecule has 1 saturated heterocycles. The lowest BCUT2D eigenvalue weighted by Gasteiger charge is -2.22. The van der Waals surface area contributed by atoms with Gasteiger partial charge in [-0.2, -0.15) is 0 Å². The number of aromatic nitrogens is 1. The number of primary amides is 1. The lowest BCUT2D eigenvalue weighted by Crippen LogP contribution is -2.35.